The van der Waals surface area contributed by atoms with Gasteiger partial charge in [-0.15, -0.1) is 11.6 Å². The number of halogens is 2. The maximum atomic E-state index is 6.32. The molecule has 0 aromatic heterocycles. The summed E-state index contributed by atoms with van der Waals surface area (Å²) in [7, 11) is 0. The van der Waals surface area contributed by atoms with Crippen LogP contribution in [0.15, 0.2) is 41.5 Å². The largest absolute Gasteiger partial charge is 0.489 e. The molecule has 1 heterocycles. The van der Waals surface area contributed by atoms with Crippen molar-refractivity contribution in [2.45, 2.75) is 49.0 Å². The van der Waals surface area contributed by atoms with Crippen LogP contribution in [-0.4, -0.2) is 11.5 Å². The van der Waals surface area contributed by atoms with Crippen LogP contribution in [0.4, 0.5) is 0 Å². The van der Waals surface area contributed by atoms with Crippen molar-refractivity contribution in [2.24, 2.45) is 0 Å². The van der Waals surface area contributed by atoms with Gasteiger partial charge in [0.05, 0.1) is 5.38 Å². The maximum absolute atomic E-state index is 6.32. The lowest BCUT2D eigenvalue weighted by molar-refractivity contribution is 0.202. The zero-order valence-electron chi connectivity index (χ0n) is 11.8. The molecule has 110 valence electrons. The molecule has 3 heteroatoms. The number of alkyl halides is 1. The summed E-state index contributed by atoms with van der Waals surface area (Å²) in [6.45, 7) is 0. The Labute approximate surface area is 135 Å². The molecule has 0 fully saturated rings. The van der Waals surface area contributed by atoms with E-state index in [-0.39, 0.29) is 5.38 Å². The van der Waals surface area contributed by atoms with Gasteiger partial charge in [0.1, 0.15) is 11.9 Å². The third kappa shape index (κ3) is 2.41. The van der Waals surface area contributed by atoms with E-state index in [0.717, 1.165) is 36.5 Å². The summed E-state index contributed by atoms with van der Waals surface area (Å²) in [6.07, 6.45) is 10.9. The summed E-state index contributed by atoms with van der Waals surface area (Å²) in [5.41, 5.74) is 2.62. The fourth-order valence-corrected chi connectivity index (χ4v) is 4.62. The molecule has 0 radical (unpaired) electrons. The number of rotatable bonds is 1. The SMILES string of the molecule is ClC1=CC(Cl)CC(c2cccc3c2OC2CCC=CC32)C1. The van der Waals surface area contributed by atoms with Gasteiger partial charge in [-0.2, -0.15) is 0 Å². The zero-order chi connectivity index (χ0) is 14.4. The molecule has 1 aromatic carbocycles. The number of fused-ring (bicyclic) bond motifs is 3. The van der Waals surface area contributed by atoms with Crippen LogP contribution in [0.2, 0.25) is 0 Å². The molecule has 0 N–H and O–H groups in total. The van der Waals surface area contributed by atoms with Crippen molar-refractivity contribution in [3.63, 3.8) is 0 Å². The molecule has 2 aliphatic carbocycles. The Morgan fingerprint density at radius 1 is 1.19 bits per heavy atom. The van der Waals surface area contributed by atoms with E-state index in [2.05, 4.69) is 30.4 Å². The molecule has 0 bridgehead atoms. The van der Waals surface area contributed by atoms with Crippen LogP contribution in [0, 0.1) is 0 Å². The second-order valence-electron chi connectivity index (χ2n) is 6.22. The number of allylic oxidation sites excluding steroid dienone is 3. The first-order chi connectivity index (χ1) is 10.2. The van der Waals surface area contributed by atoms with E-state index in [0.29, 0.717) is 17.9 Å². The number of ether oxygens (including phenoxy) is 1. The average molecular weight is 321 g/mol. The first-order valence-electron chi connectivity index (χ1n) is 7.69. The predicted molar refractivity (Wildman–Crippen MR) is 87.5 cm³/mol. The Morgan fingerprint density at radius 2 is 2.05 bits per heavy atom. The quantitative estimate of drug-likeness (QED) is 0.491. The van der Waals surface area contributed by atoms with E-state index < -0.39 is 0 Å². The molecule has 0 saturated carbocycles. The molecule has 21 heavy (non-hydrogen) atoms. The molecule has 0 spiro atoms. The molecule has 1 aromatic rings. The summed E-state index contributed by atoms with van der Waals surface area (Å²) < 4.78 is 6.31. The third-order valence-corrected chi connectivity index (χ3v) is 5.40. The Balaban J connectivity index is 1.72. The fourth-order valence-electron chi connectivity index (χ4n) is 3.85. The molecule has 1 nitrogen and oxygen atoms in total. The minimum Gasteiger partial charge on any atom is -0.489 e. The minimum absolute atomic E-state index is 0.0238. The lowest BCUT2D eigenvalue weighted by Crippen LogP contribution is -2.19. The van der Waals surface area contributed by atoms with Gasteiger partial charge in [-0.05, 0) is 37.2 Å². The van der Waals surface area contributed by atoms with Crippen molar-refractivity contribution < 1.29 is 4.74 Å². The van der Waals surface area contributed by atoms with Crippen molar-refractivity contribution >= 4 is 23.2 Å². The summed E-state index contributed by atoms with van der Waals surface area (Å²) in [5.74, 6) is 1.89. The smallest absolute Gasteiger partial charge is 0.127 e. The van der Waals surface area contributed by atoms with Crippen molar-refractivity contribution in [1.29, 1.82) is 0 Å². The number of hydrogen-bond donors (Lipinski definition) is 0. The molecule has 0 saturated heterocycles. The van der Waals surface area contributed by atoms with E-state index in [1.54, 1.807) is 0 Å². The number of benzene rings is 1. The van der Waals surface area contributed by atoms with E-state index >= 15 is 0 Å². The predicted octanol–water partition coefficient (Wildman–Crippen LogP) is 5.49. The van der Waals surface area contributed by atoms with Crippen molar-refractivity contribution in [2.75, 3.05) is 0 Å². The molecular formula is C18H18Cl2O. The summed E-state index contributed by atoms with van der Waals surface area (Å²) in [5, 5.41) is 0.898. The molecule has 4 rings (SSSR count). The lowest BCUT2D eigenvalue weighted by atomic mass is 9.83. The van der Waals surface area contributed by atoms with E-state index in [4.69, 9.17) is 27.9 Å². The Hall–Kier alpha value is -0.920. The summed E-state index contributed by atoms with van der Waals surface area (Å²) in [4.78, 5) is 0. The lowest BCUT2D eigenvalue weighted by Gasteiger charge is -2.25. The van der Waals surface area contributed by atoms with Crippen molar-refractivity contribution in [3.05, 3.63) is 52.6 Å². The highest BCUT2D eigenvalue weighted by Crippen LogP contribution is 2.49. The molecule has 4 atom stereocenters. The molecular weight excluding hydrogens is 303 g/mol. The van der Waals surface area contributed by atoms with Gasteiger partial charge < -0.3 is 4.74 Å². The molecule has 3 aliphatic rings. The van der Waals surface area contributed by atoms with Crippen molar-refractivity contribution in [3.8, 4) is 5.75 Å². The Bertz CT molecular complexity index is 620. The Kier molecular flexibility index (Phi) is 3.51. The number of hydrogen-bond acceptors (Lipinski definition) is 1. The highest BCUT2D eigenvalue weighted by molar-refractivity contribution is 6.31. The van der Waals surface area contributed by atoms with Crippen LogP contribution in [0.25, 0.3) is 0 Å². The molecule has 4 unspecified atom stereocenters. The second kappa shape index (κ2) is 5.37. The third-order valence-electron chi connectivity index (χ3n) is 4.82. The molecule has 0 amide bonds. The van der Waals surface area contributed by atoms with Gasteiger partial charge in [-0.3, -0.25) is 0 Å². The van der Waals surface area contributed by atoms with Gasteiger partial charge in [0.2, 0.25) is 0 Å². The average Bonchev–Trinajstić information content (AvgIpc) is 2.84. The minimum atomic E-state index is 0.0238. The van der Waals surface area contributed by atoms with Gasteiger partial charge in [0.15, 0.2) is 0 Å². The number of para-hydroxylation sites is 1. The van der Waals surface area contributed by atoms with Crippen LogP contribution >= 0.6 is 23.2 Å². The van der Waals surface area contributed by atoms with E-state index in [9.17, 15) is 0 Å². The van der Waals surface area contributed by atoms with Gasteiger partial charge in [0, 0.05) is 16.5 Å². The monoisotopic (exact) mass is 320 g/mol. The first-order valence-corrected chi connectivity index (χ1v) is 8.50. The van der Waals surface area contributed by atoms with Crippen LogP contribution < -0.4 is 4.74 Å². The van der Waals surface area contributed by atoms with Crippen molar-refractivity contribution in [1.82, 2.24) is 0 Å². The van der Waals surface area contributed by atoms with E-state index in [1.807, 2.05) is 6.08 Å². The summed E-state index contributed by atoms with van der Waals surface area (Å²) in [6, 6.07) is 6.54. The van der Waals surface area contributed by atoms with Gasteiger partial charge >= 0.3 is 0 Å². The van der Waals surface area contributed by atoms with Crippen LogP contribution in [0.1, 0.15) is 48.6 Å². The van der Waals surface area contributed by atoms with E-state index in [1.165, 1.54) is 11.1 Å². The highest BCUT2D eigenvalue weighted by Gasteiger charge is 2.37. The normalized spacial score (nSPS) is 33.9. The topological polar surface area (TPSA) is 9.23 Å². The van der Waals surface area contributed by atoms with Crippen LogP contribution in [-0.2, 0) is 0 Å². The maximum Gasteiger partial charge on any atom is 0.127 e. The van der Waals surface area contributed by atoms with Gasteiger partial charge in [0.25, 0.3) is 0 Å². The summed E-state index contributed by atoms with van der Waals surface area (Å²) >= 11 is 12.6. The zero-order valence-corrected chi connectivity index (χ0v) is 13.3. The first kappa shape index (κ1) is 13.7. The standard InChI is InChI=1S/C18H18Cl2O/c19-12-8-11(9-13(20)10-12)14-5-3-6-16-15-4-1-2-7-17(15)21-18(14)16/h1,3-6,10-12,15,17H,2,7-9H2. The van der Waals surface area contributed by atoms with Gasteiger partial charge in [-0.25, -0.2) is 0 Å². The van der Waals surface area contributed by atoms with Crippen LogP contribution in [0.5, 0.6) is 5.75 Å². The Morgan fingerprint density at radius 3 is 2.90 bits per heavy atom. The second-order valence-corrected chi connectivity index (χ2v) is 7.27. The van der Waals surface area contributed by atoms with Gasteiger partial charge in [-0.1, -0.05) is 48.0 Å². The highest BCUT2D eigenvalue weighted by atomic mass is 35.5. The van der Waals surface area contributed by atoms with Crippen LogP contribution in [0.3, 0.4) is 0 Å². The fraction of sp³-hybridized carbons (Fsp3) is 0.444. The molecule has 1 aliphatic heterocycles.